The fourth-order valence-electron chi connectivity index (χ4n) is 2.76. The Labute approximate surface area is 172 Å². The number of ether oxygens (including phenoxy) is 2. The monoisotopic (exact) mass is 398 g/mol. The minimum absolute atomic E-state index is 0.0331. The summed E-state index contributed by atoms with van der Waals surface area (Å²) in [5.74, 6) is 1.39. The Morgan fingerprint density at radius 1 is 1.07 bits per heavy atom. The number of guanidine groups is 1. The van der Waals surface area contributed by atoms with Crippen LogP contribution in [-0.2, 0) is 11.3 Å². The van der Waals surface area contributed by atoms with Gasteiger partial charge >= 0.3 is 0 Å². The van der Waals surface area contributed by atoms with Gasteiger partial charge in [0.1, 0.15) is 18.0 Å². The van der Waals surface area contributed by atoms with E-state index in [9.17, 15) is 4.79 Å². The Morgan fingerprint density at radius 2 is 1.79 bits per heavy atom. The lowest BCUT2D eigenvalue weighted by atomic mass is 10.2. The zero-order valence-electron chi connectivity index (χ0n) is 17.4. The summed E-state index contributed by atoms with van der Waals surface area (Å²) in [6, 6.07) is 15.3. The van der Waals surface area contributed by atoms with Crippen LogP contribution in [0.3, 0.4) is 0 Å². The van der Waals surface area contributed by atoms with Crippen molar-refractivity contribution in [3.8, 4) is 11.5 Å². The quantitative estimate of drug-likeness (QED) is 0.474. The first-order valence-corrected chi connectivity index (χ1v) is 9.85. The molecule has 7 nitrogen and oxygen atoms in total. The number of anilines is 1. The van der Waals surface area contributed by atoms with Gasteiger partial charge in [0.15, 0.2) is 5.96 Å². The molecule has 2 aromatic rings. The number of nitrogens with two attached hydrogens (primary N) is 1. The van der Waals surface area contributed by atoms with Crippen LogP contribution in [0.15, 0.2) is 53.5 Å². The third-order valence-corrected chi connectivity index (χ3v) is 4.16. The number of likely N-dealkylation sites (N-methyl/N-ethyl adjacent to an activating group) is 1. The summed E-state index contributed by atoms with van der Waals surface area (Å²) in [4.78, 5) is 18.5. The van der Waals surface area contributed by atoms with Gasteiger partial charge in [-0.2, -0.15) is 0 Å². The second-order valence-electron chi connectivity index (χ2n) is 6.24. The lowest BCUT2D eigenvalue weighted by Gasteiger charge is -2.20. The SMILES string of the molecule is CCOc1ccc(OCC)c(NC(N)=NCC(=O)N(CC)Cc2ccccc2)c1. The summed E-state index contributed by atoms with van der Waals surface area (Å²) in [5.41, 5.74) is 7.73. The van der Waals surface area contributed by atoms with Gasteiger partial charge in [0.05, 0.1) is 18.9 Å². The molecule has 3 N–H and O–H groups in total. The van der Waals surface area contributed by atoms with Crippen molar-refractivity contribution in [3.63, 3.8) is 0 Å². The van der Waals surface area contributed by atoms with E-state index in [1.54, 1.807) is 11.0 Å². The maximum Gasteiger partial charge on any atom is 0.244 e. The number of nitrogens with zero attached hydrogens (tertiary/aromatic N) is 2. The van der Waals surface area contributed by atoms with Gasteiger partial charge in [0.2, 0.25) is 5.91 Å². The second-order valence-corrected chi connectivity index (χ2v) is 6.24. The van der Waals surface area contributed by atoms with Gasteiger partial charge in [-0.1, -0.05) is 30.3 Å². The van der Waals surface area contributed by atoms with Gasteiger partial charge in [-0.3, -0.25) is 4.79 Å². The third kappa shape index (κ3) is 7.03. The van der Waals surface area contributed by atoms with E-state index in [1.807, 2.05) is 63.2 Å². The molecule has 0 fully saturated rings. The summed E-state index contributed by atoms with van der Waals surface area (Å²) in [6.07, 6.45) is 0. The molecule has 0 aliphatic carbocycles. The van der Waals surface area contributed by atoms with Gasteiger partial charge in [-0.25, -0.2) is 4.99 Å². The molecule has 7 heteroatoms. The van der Waals surface area contributed by atoms with E-state index in [4.69, 9.17) is 15.2 Å². The van der Waals surface area contributed by atoms with E-state index in [2.05, 4.69) is 10.3 Å². The van der Waals surface area contributed by atoms with Crippen molar-refractivity contribution >= 4 is 17.6 Å². The zero-order chi connectivity index (χ0) is 21.1. The number of amides is 1. The molecule has 1 amide bonds. The zero-order valence-corrected chi connectivity index (χ0v) is 17.4. The summed E-state index contributed by atoms with van der Waals surface area (Å²) < 4.78 is 11.1. The first-order chi connectivity index (χ1) is 14.1. The minimum Gasteiger partial charge on any atom is -0.494 e. The predicted octanol–water partition coefficient (Wildman–Crippen LogP) is 3.26. The van der Waals surface area contributed by atoms with E-state index in [0.717, 1.165) is 5.56 Å². The fraction of sp³-hybridized carbons (Fsp3) is 0.364. The largest absolute Gasteiger partial charge is 0.494 e. The van der Waals surface area contributed by atoms with Crippen LogP contribution in [0.5, 0.6) is 11.5 Å². The van der Waals surface area contributed by atoms with Crippen molar-refractivity contribution in [3.05, 3.63) is 54.1 Å². The smallest absolute Gasteiger partial charge is 0.244 e. The number of benzene rings is 2. The molecule has 0 unspecified atom stereocenters. The van der Waals surface area contributed by atoms with Crippen LogP contribution in [0.1, 0.15) is 26.3 Å². The number of hydrogen-bond acceptors (Lipinski definition) is 4. The summed E-state index contributed by atoms with van der Waals surface area (Å²) in [5, 5.41) is 3.01. The van der Waals surface area contributed by atoms with E-state index in [0.29, 0.717) is 43.5 Å². The Hall–Kier alpha value is -3.22. The molecule has 0 spiro atoms. The van der Waals surface area contributed by atoms with Crippen LogP contribution in [-0.4, -0.2) is 43.1 Å². The molecule has 0 aliphatic heterocycles. The molecule has 0 bridgehead atoms. The molecule has 0 atom stereocenters. The van der Waals surface area contributed by atoms with Crippen LogP contribution in [0, 0.1) is 0 Å². The first-order valence-electron chi connectivity index (χ1n) is 9.85. The standard InChI is InChI=1S/C22H30N4O3/c1-4-26(16-17-10-8-7-9-11-17)21(27)15-24-22(23)25-19-14-18(28-5-2)12-13-20(19)29-6-3/h7-14H,4-6,15-16H2,1-3H3,(H3,23,24,25). The normalized spacial score (nSPS) is 11.1. The Balaban J connectivity index is 2.03. The third-order valence-electron chi connectivity index (χ3n) is 4.16. The van der Waals surface area contributed by atoms with Crippen molar-refractivity contribution < 1.29 is 14.3 Å². The molecule has 2 aromatic carbocycles. The highest BCUT2D eigenvalue weighted by Gasteiger charge is 2.12. The van der Waals surface area contributed by atoms with Crippen molar-refractivity contribution in [2.45, 2.75) is 27.3 Å². The molecule has 0 saturated carbocycles. The number of hydrogen-bond donors (Lipinski definition) is 2. The van der Waals surface area contributed by atoms with Crippen molar-refractivity contribution in [1.82, 2.24) is 4.90 Å². The highest BCUT2D eigenvalue weighted by atomic mass is 16.5. The topological polar surface area (TPSA) is 89.2 Å². The average molecular weight is 399 g/mol. The van der Waals surface area contributed by atoms with E-state index in [1.165, 1.54) is 0 Å². The molecule has 0 aliphatic rings. The number of aliphatic imine (C=N–C) groups is 1. The van der Waals surface area contributed by atoms with Crippen molar-refractivity contribution in [2.75, 3.05) is 31.6 Å². The average Bonchev–Trinajstić information content (AvgIpc) is 2.73. The number of carbonyl (C=O) groups is 1. The first kappa shape index (κ1) is 22.1. The van der Waals surface area contributed by atoms with E-state index >= 15 is 0 Å². The van der Waals surface area contributed by atoms with Crippen molar-refractivity contribution in [2.24, 2.45) is 10.7 Å². The summed E-state index contributed by atoms with van der Waals surface area (Å²) in [6.45, 7) is 7.95. The highest BCUT2D eigenvalue weighted by molar-refractivity contribution is 5.95. The molecule has 0 radical (unpaired) electrons. The van der Waals surface area contributed by atoms with Gasteiger partial charge in [0, 0.05) is 19.2 Å². The van der Waals surface area contributed by atoms with Crippen LogP contribution in [0.4, 0.5) is 5.69 Å². The number of carbonyl (C=O) groups excluding carboxylic acids is 1. The summed E-state index contributed by atoms with van der Waals surface area (Å²) in [7, 11) is 0. The molecule has 29 heavy (non-hydrogen) atoms. The lowest BCUT2D eigenvalue weighted by molar-refractivity contribution is -0.130. The molecule has 0 heterocycles. The predicted molar refractivity (Wildman–Crippen MR) is 116 cm³/mol. The molecule has 0 aromatic heterocycles. The Morgan fingerprint density at radius 3 is 2.45 bits per heavy atom. The number of rotatable bonds is 10. The van der Waals surface area contributed by atoms with Gasteiger partial charge < -0.3 is 25.4 Å². The molecule has 0 saturated heterocycles. The summed E-state index contributed by atoms with van der Waals surface area (Å²) >= 11 is 0. The van der Waals surface area contributed by atoms with Crippen LogP contribution >= 0.6 is 0 Å². The minimum atomic E-state index is -0.0887. The Kier molecular flexibility index (Phi) is 8.82. The lowest BCUT2D eigenvalue weighted by Crippen LogP contribution is -2.33. The van der Waals surface area contributed by atoms with Crippen LogP contribution in [0.2, 0.25) is 0 Å². The van der Waals surface area contributed by atoms with Crippen molar-refractivity contribution in [1.29, 1.82) is 0 Å². The van der Waals surface area contributed by atoms with Crippen LogP contribution in [0.25, 0.3) is 0 Å². The van der Waals surface area contributed by atoms with Gasteiger partial charge in [0.25, 0.3) is 0 Å². The van der Waals surface area contributed by atoms with Gasteiger partial charge in [-0.15, -0.1) is 0 Å². The fourth-order valence-corrected chi connectivity index (χ4v) is 2.76. The van der Waals surface area contributed by atoms with Crippen LogP contribution < -0.4 is 20.5 Å². The highest BCUT2D eigenvalue weighted by Crippen LogP contribution is 2.29. The molecular weight excluding hydrogens is 368 g/mol. The number of nitrogens with one attached hydrogen (secondary N) is 1. The van der Waals surface area contributed by atoms with E-state index in [-0.39, 0.29) is 18.4 Å². The maximum atomic E-state index is 12.5. The van der Waals surface area contributed by atoms with Gasteiger partial charge in [-0.05, 0) is 38.5 Å². The second kappa shape index (κ2) is 11.6. The molecular formula is C22H30N4O3. The molecule has 156 valence electrons. The molecule has 2 rings (SSSR count). The Bertz CT molecular complexity index is 809. The maximum absolute atomic E-state index is 12.5. The van der Waals surface area contributed by atoms with E-state index < -0.39 is 0 Å².